The molecule has 0 heterocycles. The fourth-order valence-corrected chi connectivity index (χ4v) is 6.56. The van der Waals surface area contributed by atoms with Crippen molar-refractivity contribution in [1.29, 1.82) is 0 Å². The topological polar surface area (TPSA) is 86.8 Å². The summed E-state index contributed by atoms with van der Waals surface area (Å²) in [6, 6.07) is 25.9. The minimum Gasteiger partial charge on any atom is -0.352 e. The van der Waals surface area contributed by atoms with Gasteiger partial charge in [0.1, 0.15) is 12.6 Å². The standard InChI is InChI=1S/C35H35BrF3N3O4S/c1-3-25(2)40-34(44)32(21-26-11-6-4-7-12-26)41(23-27-17-19-29(36)20-18-27)33(43)24-42(47(45,46)31-15-8-5-9-16-31)30-14-10-13-28(22-30)35(37,38)39/h4-20,22,25,32H,3,21,23-24H2,1-2H3,(H,40,44)/t25-,32-/m0/s1. The number of carbonyl (C=O) groups excluding carboxylic acids is 2. The van der Waals surface area contributed by atoms with Gasteiger partial charge in [0.2, 0.25) is 11.8 Å². The van der Waals surface area contributed by atoms with E-state index in [4.69, 9.17) is 0 Å². The second kappa shape index (κ2) is 15.6. The van der Waals surface area contributed by atoms with Gasteiger partial charge in [-0.3, -0.25) is 13.9 Å². The van der Waals surface area contributed by atoms with Crippen LogP contribution in [0.5, 0.6) is 0 Å². The third kappa shape index (κ3) is 9.45. The van der Waals surface area contributed by atoms with Crippen molar-refractivity contribution < 1.29 is 31.2 Å². The molecule has 0 aliphatic carbocycles. The molecule has 1 N–H and O–H groups in total. The summed E-state index contributed by atoms with van der Waals surface area (Å²) in [7, 11) is -4.54. The van der Waals surface area contributed by atoms with E-state index in [1.807, 2.05) is 44.2 Å². The Morgan fingerprint density at radius 3 is 2.06 bits per heavy atom. The van der Waals surface area contributed by atoms with Crippen LogP contribution in [0.15, 0.2) is 119 Å². The minimum atomic E-state index is -4.76. The lowest BCUT2D eigenvalue weighted by Crippen LogP contribution is -2.54. The highest BCUT2D eigenvalue weighted by Gasteiger charge is 2.36. The molecule has 7 nitrogen and oxygen atoms in total. The Hall–Kier alpha value is -4.16. The number of amides is 2. The van der Waals surface area contributed by atoms with Gasteiger partial charge in [-0.25, -0.2) is 8.42 Å². The van der Waals surface area contributed by atoms with E-state index < -0.39 is 46.2 Å². The van der Waals surface area contributed by atoms with Gasteiger partial charge >= 0.3 is 6.18 Å². The predicted octanol–water partition coefficient (Wildman–Crippen LogP) is 7.22. The average molecular weight is 731 g/mol. The summed E-state index contributed by atoms with van der Waals surface area (Å²) in [4.78, 5) is 29.4. The Kier molecular flexibility index (Phi) is 11.9. The lowest BCUT2D eigenvalue weighted by Gasteiger charge is -2.34. The van der Waals surface area contributed by atoms with Crippen molar-refractivity contribution in [3.8, 4) is 0 Å². The molecule has 0 fully saturated rings. The summed E-state index contributed by atoms with van der Waals surface area (Å²) in [6.07, 6.45) is -4.02. The van der Waals surface area contributed by atoms with Gasteiger partial charge in [-0.05, 0) is 66.9 Å². The van der Waals surface area contributed by atoms with Crippen molar-refractivity contribution >= 4 is 43.5 Å². The molecular weight excluding hydrogens is 695 g/mol. The van der Waals surface area contributed by atoms with Crippen molar-refractivity contribution in [1.82, 2.24) is 10.2 Å². The Morgan fingerprint density at radius 1 is 0.851 bits per heavy atom. The number of benzene rings is 4. The third-order valence-corrected chi connectivity index (χ3v) is 9.93. The maximum Gasteiger partial charge on any atom is 0.416 e. The number of carbonyl (C=O) groups is 2. The molecule has 0 bridgehead atoms. The first kappa shape index (κ1) is 35.7. The second-order valence-corrected chi connectivity index (χ2v) is 13.8. The molecule has 0 unspecified atom stereocenters. The zero-order chi connectivity index (χ0) is 34.2. The molecule has 4 aromatic carbocycles. The number of halogens is 4. The largest absolute Gasteiger partial charge is 0.416 e. The van der Waals surface area contributed by atoms with Gasteiger partial charge < -0.3 is 10.2 Å². The SMILES string of the molecule is CC[C@H](C)NC(=O)[C@H](Cc1ccccc1)N(Cc1ccc(Br)cc1)C(=O)CN(c1cccc(C(F)(F)F)c1)S(=O)(=O)c1ccccc1. The van der Waals surface area contributed by atoms with Crippen LogP contribution in [0.4, 0.5) is 18.9 Å². The number of rotatable bonds is 13. The molecule has 0 saturated heterocycles. The van der Waals surface area contributed by atoms with Gasteiger partial charge in [0.25, 0.3) is 10.0 Å². The molecule has 0 spiro atoms. The van der Waals surface area contributed by atoms with Gasteiger partial charge in [-0.15, -0.1) is 0 Å². The third-order valence-electron chi connectivity index (χ3n) is 7.61. The van der Waals surface area contributed by atoms with Crippen LogP contribution in [0.2, 0.25) is 0 Å². The first-order chi connectivity index (χ1) is 22.3. The van der Waals surface area contributed by atoms with Gasteiger partial charge in [0.05, 0.1) is 16.1 Å². The monoisotopic (exact) mass is 729 g/mol. The fourth-order valence-electron chi connectivity index (χ4n) is 4.87. The van der Waals surface area contributed by atoms with Crippen molar-refractivity contribution in [3.05, 3.63) is 130 Å². The predicted molar refractivity (Wildman–Crippen MR) is 179 cm³/mol. The van der Waals surface area contributed by atoms with Crippen LogP contribution in [0, 0.1) is 0 Å². The van der Waals surface area contributed by atoms with Crippen LogP contribution < -0.4 is 9.62 Å². The van der Waals surface area contributed by atoms with Crippen molar-refractivity contribution in [2.75, 3.05) is 10.8 Å². The number of nitrogens with one attached hydrogen (secondary N) is 1. The zero-order valence-electron chi connectivity index (χ0n) is 25.8. The molecule has 12 heteroatoms. The van der Waals surface area contributed by atoms with Crippen LogP contribution in [0.1, 0.15) is 37.0 Å². The van der Waals surface area contributed by atoms with E-state index in [1.165, 1.54) is 35.2 Å². The minimum absolute atomic E-state index is 0.0701. The number of alkyl halides is 3. The lowest BCUT2D eigenvalue weighted by molar-refractivity contribution is -0.140. The van der Waals surface area contributed by atoms with Crippen molar-refractivity contribution in [3.63, 3.8) is 0 Å². The van der Waals surface area contributed by atoms with Crippen LogP contribution in [-0.2, 0) is 38.8 Å². The Morgan fingerprint density at radius 2 is 1.47 bits per heavy atom. The molecule has 0 aliphatic rings. The van der Waals surface area contributed by atoms with E-state index in [0.717, 1.165) is 22.2 Å². The van der Waals surface area contributed by atoms with Crippen LogP contribution >= 0.6 is 15.9 Å². The molecule has 0 saturated carbocycles. The number of hydrogen-bond donors (Lipinski definition) is 1. The first-order valence-electron chi connectivity index (χ1n) is 14.9. The quantitative estimate of drug-likeness (QED) is 0.158. The molecule has 4 aromatic rings. The molecule has 47 heavy (non-hydrogen) atoms. The number of anilines is 1. The van der Waals surface area contributed by atoms with E-state index in [1.54, 1.807) is 30.3 Å². The highest BCUT2D eigenvalue weighted by Crippen LogP contribution is 2.33. The smallest absolute Gasteiger partial charge is 0.352 e. The van der Waals surface area contributed by atoms with E-state index in [-0.39, 0.29) is 29.6 Å². The summed E-state index contributed by atoms with van der Waals surface area (Å²) in [5.74, 6) is -1.21. The van der Waals surface area contributed by atoms with E-state index in [0.29, 0.717) is 22.4 Å². The number of nitrogens with zero attached hydrogens (tertiary/aromatic N) is 2. The second-order valence-electron chi connectivity index (χ2n) is 11.0. The van der Waals surface area contributed by atoms with E-state index in [9.17, 15) is 31.2 Å². The Balaban J connectivity index is 1.84. The molecule has 4 rings (SSSR count). The van der Waals surface area contributed by atoms with Gasteiger partial charge in [0, 0.05) is 23.5 Å². The highest BCUT2D eigenvalue weighted by molar-refractivity contribution is 9.10. The molecule has 248 valence electrons. The fraction of sp³-hybridized carbons (Fsp3) is 0.257. The normalized spacial score (nSPS) is 13.0. The van der Waals surface area contributed by atoms with E-state index in [2.05, 4.69) is 21.2 Å². The lowest BCUT2D eigenvalue weighted by atomic mass is 10.0. The van der Waals surface area contributed by atoms with Gasteiger partial charge in [0.15, 0.2) is 0 Å². The molecule has 2 atom stereocenters. The molecule has 0 radical (unpaired) electrons. The molecular formula is C35H35BrF3N3O4S. The summed E-state index contributed by atoms with van der Waals surface area (Å²) in [5.41, 5.74) is 0.00568. The average Bonchev–Trinajstić information content (AvgIpc) is 3.06. The van der Waals surface area contributed by atoms with Crippen LogP contribution in [0.3, 0.4) is 0 Å². The summed E-state index contributed by atoms with van der Waals surface area (Å²) >= 11 is 3.40. The Labute approximate surface area is 281 Å². The molecule has 0 aliphatic heterocycles. The van der Waals surface area contributed by atoms with E-state index >= 15 is 0 Å². The zero-order valence-corrected chi connectivity index (χ0v) is 28.2. The van der Waals surface area contributed by atoms with Crippen LogP contribution in [-0.4, -0.2) is 43.8 Å². The summed E-state index contributed by atoms with van der Waals surface area (Å²) in [6.45, 7) is 2.81. The summed E-state index contributed by atoms with van der Waals surface area (Å²) in [5, 5.41) is 2.95. The Bertz CT molecular complexity index is 1760. The van der Waals surface area contributed by atoms with Crippen molar-refractivity contribution in [2.45, 2.75) is 56.4 Å². The molecule has 0 aromatic heterocycles. The summed E-state index contributed by atoms with van der Waals surface area (Å²) < 4.78 is 70.8. The van der Waals surface area contributed by atoms with Gasteiger partial charge in [-0.1, -0.05) is 89.6 Å². The first-order valence-corrected chi connectivity index (χ1v) is 17.2. The van der Waals surface area contributed by atoms with Crippen LogP contribution in [0.25, 0.3) is 0 Å². The molecule has 2 amide bonds. The number of sulfonamides is 1. The van der Waals surface area contributed by atoms with Crippen molar-refractivity contribution in [2.24, 2.45) is 0 Å². The number of hydrogen-bond acceptors (Lipinski definition) is 4. The highest BCUT2D eigenvalue weighted by atomic mass is 79.9. The maximum atomic E-state index is 14.5. The van der Waals surface area contributed by atoms with Gasteiger partial charge in [-0.2, -0.15) is 13.2 Å². The maximum absolute atomic E-state index is 14.5.